The van der Waals surface area contributed by atoms with Gasteiger partial charge in [-0.1, -0.05) is 55.5 Å². The normalized spacial score (nSPS) is 31.9. The zero-order chi connectivity index (χ0) is 31.7. The predicted octanol–water partition coefficient (Wildman–Crippen LogP) is 5.32. The minimum Gasteiger partial charge on any atom is -0.465 e. The lowest BCUT2D eigenvalue weighted by atomic mass is 9.49. The van der Waals surface area contributed by atoms with Crippen LogP contribution in [-0.2, 0) is 38.1 Å². The summed E-state index contributed by atoms with van der Waals surface area (Å²) in [5.41, 5.74) is -1.87. The van der Waals surface area contributed by atoms with Gasteiger partial charge in [-0.2, -0.15) is 0 Å². The molecular formula is C35H40O9. The molecule has 1 aliphatic heterocycles. The molecule has 1 spiro atoms. The number of fused-ring (bicyclic) bond motifs is 1. The fourth-order valence-corrected chi connectivity index (χ4v) is 7.61. The first kappa shape index (κ1) is 31.4. The van der Waals surface area contributed by atoms with E-state index in [0.717, 1.165) is 5.56 Å². The Balaban J connectivity index is 1.61. The van der Waals surface area contributed by atoms with E-state index in [1.165, 1.54) is 19.9 Å². The topological polar surface area (TPSA) is 114 Å². The van der Waals surface area contributed by atoms with Crippen molar-refractivity contribution in [2.75, 3.05) is 6.61 Å². The lowest BCUT2D eigenvalue weighted by Crippen LogP contribution is -2.74. The van der Waals surface area contributed by atoms with Crippen molar-refractivity contribution in [3.63, 3.8) is 0 Å². The lowest BCUT2D eigenvalue weighted by molar-refractivity contribution is -0.298. The van der Waals surface area contributed by atoms with Gasteiger partial charge in [-0.3, -0.25) is 9.59 Å². The Morgan fingerprint density at radius 3 is 2.18 bits per heavy atom. The summed E-state index contributed by atoms with van der Waals surface area (Å²) in [5, 5.41) is 0. The van der Waals surface area contributed by atoms with Crippen LogP contribution in [0.5, 0.6) is 0 Å². The van der Waals surface area contributed by atoms with Crippen LogP contribution in [-0.4, -0.2) is 60.0 Å². The van der Waals surface area contributed by atoms with Crippen LogP contribution in [0, 0.1) is 17.3 Å². The lowest BCUT2D eigenvalue weighted by Gasteiger charge is -2.62. The fourth-order valence-electron chi connectivity index (χ4n) is 7.61. The van der Waals surface area contributed by atoms with Gasteiger partial charge >= 0.3 is 23.9 Å². The molecule has 0 aromatic heterocycles. The van der Waals surface area contributed by atoms with Crippen LogP contribution in [0.1, 0.15) is 69.8 Å². The first-order valence-corrected chi connectivity index (χ1v) is 15.1. The van der Waals surface area contributed by atoms with Crippen molar-refractivity contribution in [1.82, 2.24) is 0 Å². The molecule has 5 rings (SSSR count). The molecule has 2 bridgehead atoms. The second kappa shape index (κ2) is 12.2. The maximum absolute atomic E-state index is 13.4. The Labute approximate surface area is 257 Å². The third-order valence-corrected chi connectivity index (χ3v) is 9.61. The molecule has 1 saturated heterocycles. The maximum Gasteiger partial charge on any atom is 0.338 e. The van der Waals surface area contributed by atoms with Crippen LogP contribution in [0.3, 0.4) is 0 Å². The molecule has 0 unspecified atom stereocenters. The van der Waals surface area contributed by atoms with Crippen LogP contribution >= 0.6 is 0 Å². The van der Waals surface area contributed by atoms with Crippen molar-refractivity contribution >= 4 is 30.0 Å². The number of benzene rings is 2. The molecule has 2 aliphatic carbocycles. The highest BCUT2D eigenvalue weighted by Crippen LogP contribution is 2.67. The number of ether oxygens (including phenoxy) is 5. The molecule has 3 aliphatic rings. The van der Waals surface area contributed by atoms with Crippen molar-refractivity contribution in [3.8, 4) is 0 Å². The number of hydrogen-bond donors (Lipinski definition) is 0. The van der Waals surface area contributed by atoms with Gasteiger partial charge in [0.1, 0.15) is 24.2 Å². The zero-order valence-electron chi connectivity index (χ0n) is 25.8. The summed E-state index contributed by atoms with van der Waals surface area (Å²) < 4.78 is 31.1. The Hall–Kier alpha value is -3.98. The van der Waals surface area contributed by atoms with Crippen molar-refractivity contribution in [3.05, 3.63) is 77.9 Å². The molecule has 2 saturated carbocycles. The van der Waals surface area contributed by atoms with E-state index in [1.54, 1.807) is 36.4 Å². The van der Waals surface area contributed by atoms with E-state index >= 15 is 0 Å². The van der Waals surface area contributed by atoms with Gasteiger partial charge in [0.05, 0.1) is 16.8 Å². The minimum atomic E-state index is -1.38. The molecular weight excluding hydrogens is 564 g/mol. The molecule has 2 aromatic carbocycles. The minimum absolute atomic E-state index is 0.00676. The summed E-state index contributed by atoms with van der Waals surface area (Å²) >= 11 is 0. The van der Waals surface area contributed by atoms with Gasteiger partial charge in [-0.25, -0.2) is 9.59 Å². The Morgan fingerprint density at radius 2 is 1.55 bits per heavy atom. The summed E-state index contributed by atoms with van der Waals surface area (Å²) in [6.07, 6.45) is 1.27. The largest absolute Gasteiger partial charge is 0.465 e. The molecule has 1 heterocycles. The SMILES string of the molecule is CC(=O)OC[C@]12[C@@H](OC(=O)/C=C/c3ccccc3)C[C@@H]3C[C@]1(OC3(C)C)[C@H](C)C[C@H](OC(=O)c1ccccc1)[C@@H]2OC(C)=O. The van der Waals surface area contributed by atoms with Crippen LogP contribution in [0.4, 0.5) is 0 Å². The molecule has 9 nitrogen and oxygen atoms in total. The highest BCUT2D eigenvalue weighted by Gasteiger charge is 2.78. The summed E-state index contributed by atoms with van der Waals surface area (Å²) in [7, 11) is 0. The van der Waals surface area contributed by atoms with Gasteiger partial charge in [0, 0.05) is 19.9 Å². The van der Waals surface area contributed by atoms with E-state index in [-0.39, 0.29) is 18.4 Å². The van der Waals surface area contributed by atoms with Crippen molar-refractivity contribution in [2.24, 2.45) is 17.3 Å². The third-order valence-electron chi connectivity index (χ3n) is 9.61. The maximum atomic E-state index is 13.4. The molecule has 3 fully saturated rings. The molecule has 2 aromatic rings. The van der Waals surface area contributed by atoms with Crippen molar-refractivity contribution < 1.29 is 42.9 Å². The second-order valence-electron chi connectivity index (χ2n) is 12.7. The van der Waals surface area contributed by atoms with Crippen LogP contribution < -0.4 is 0 Å². The molecule has 0 amide bonds. The smallest absolute Gasteiger partial charge is 0.338 e. The number of esters is 4. The monoisotopic (exact) mass is 604 g/mol. The average Bonchev–Trinajstić information content (AvgIpc) is 3.22. The van der Waals surface area contributed by atoms with E-state index < -0.39 is 58.8 Å². The van der Waals surface area contributed by atoms with E-state index in [4.69, 9.17) is 23.7 Å². The van der Waals surface area contributed by atoms with Crippen LogP contribution in [0.15, 0.2) is 66.7 Å². The van der Waals surface area contributed by atoms with Gasteiger partial charge in [0.15, 0.2) is 6.10 Å². The van der Waals surface area contributed by atoms with Gasteiger partial charge in [-0.15, -0.1) is 0 Å². The number of carbonyl (C=O) groups is 4. The van der Waals surface area contributed by atoms with E-state index in [0.29, 0.717) is 24.8 Å². The predicted molar refractivity (Wildman–Crippen MR) is 160 cm³/mol. The summed E-state index contributed by atoms with van der Waals surface area (Å²) in [6, 6.07) is 17.9. The molecule has 0 radical (unpaired) electrons. The average molecular weight is 605 g/mol. The van der Waals surface area contributed by atoms with Gasteiger partial charge in [0.25, 0.3) is 0 Å². The fraction of sp³-hybridized carbons (Fsp3) is 0.486. The molecule has 44 heavy (non-hydrogen) atoms. The second-order valence-corrected chi connectivity index (χ2v) is 12.7. The number of hydrogen-bond acceptors (Lipinski definition) is 9. The Morgan fingerprint density at radius 1 is 0.886 bits per heavy atom. The highest BCUT2D eigenvalue weighted by atomic mass is 16.6. The quantitative estimate of drug-likeness (QED) is 0.224. The highest BCUT2D eigenvalue weighted by molar-refractivity contribution is 5.89. The van der Waals surface area contributed by atoms with Crippen molar-refractivity contribution in [1.29, 1.82) is 0 Å². The van der Waals surface area contributed by atoms with Gasteiger partial charge in [-0.05, 0) is 68.7 Å². The zero-order valence-corrected chi connectivity index (χ0v) is 25.8. The van der Waals surface area contributed by atoms with E-state index in [2.05, 4.69) is 0 Å². The van der Waals surface area contributed by atoms with Gasteiger partial charge < -0.3 is 23.7 Å². The molecule has 234 valence electrons. The van der Waals surface area contributed by atoms with E-state index in [1.807, 2.05) is 51.1 Å². The molecule has 7 atom stereocenters. The third kappa shape index (κ3) is 5.77. The Bertz CT molecular complexity index is 1420. The van der Waals surface area contributed by atoms with Crippen molar-refractivity contribution in [2.45, 2.75) is 83.4 Å². The first-order valence-electron chi connectivity index (χ1n) is 15.1. The van der Waals surface area contributed by atoms with Crippen LogP contribution in [0.25, 0.3) is 6.08 Å². The first-order chi connectivity index (χ1) is 20.9. The summed E-state index contributed by atoms with van der Waals surface area (Å²) in [4.78, 5) is 51.9. The molecule has 0 N–H and O–H groups in total. The number of rotatable bonds is 8. The van der Waals surface area contributed by atoms with Crippen LogP contribution in [0.2, 0.25) is 0 Å². The molecule has 9 heteroatoms. The number of carbonyl (C=O) groups excluding carboxylic acids is 4. The summed E-state index contributed by atoms with van der Waals surface area (Å²) in [6.45, 7) is 8.28. The summed E-state index contributed by atoms with van der Waals surface area (Å²) in [5.74, 6) is -2.62. The standard InChI is InChI=1S/C35H40O9/c1-22-18-28(42-32(39)26-14-10-7-11-15-26)31(41-24(3)37)34(21-40-23(2)36)29(19-27-20-35(22,34)44-33(27,4)5)43-30(38)17-16-25-12-8-6-9-13-25/h6-17,22,27-29,31H,18-21H2,1-5H3/b17-16+/t22-,27-,28+,29+,31+,34-,35+/m1/s1. The van der Waals surface area contributed by atoms with E-state index in [9.17, 15) is 19.2 Å². The Kier molecular flexibility index (Phi) is 8.71. The van der Waals surface area contributed by atoms with Gasteiger partial charge in [0.2, 0.25) is 0 Å².